The van der Waals surface area contributed by atoms with E-state index in [2.05, 4.69) is 30.3 Å². The third-order valence-electron chi connectivity index (χ3n) is 16.9. The number of Topliss-reactive ketones (excluding diaryl/α,β-unsaturated/α-hetero) is 2. The minimum Gasteiger partial charge on any atom is -0.756 e. The minimum atomic E-state index is -4.99. The number of hydrogen-bond donors (Lipinski definition) is 3. The summed E-state index contributed by atoms with van der Waals surface area (Å²) in [5.41, 5.74) is 0. The molecule has 2 heterocycles. The topological polar surface area (TPSA) is 245 Å². The molecule has 502 valence electrons. The van der Waals surface area contributed by atoms with Gasteiger partial charge in [0.15, 0.2) is 6.10 Å². The summed E-state index contributed by atoms with van der Waals surface area (Å²) in [6, 6.07) is -0.294. The molecule has 0 aliphatic carbocycles. The van der Waals surface area contributed by atoms with Gasteiger partial charge in [0.1, 0.15) is 36.6 Å². The minimum absolute atomic E-state index is 0.0617. The maximum absolute atomic E-state index is 12.3. The Hall–Kier alpha value is -1.66. The Balaban J connectivity index is 0.000000850. The van der Waals surface area contributed by atoms with Crippen LogP contribution < -0.4 is 4.89 Å². The molecule has 0 bridgehead atoms. The number of unbranched alkanes of at least 4 members (excludes halogenated alkanes) is 30. The van der Waals surface area contributed by atoms with Crippen LogP contribution in [0.1, 0.15) is 297 Å². The molecule has 2 aliphatic rings. The number of likely N-dealkylation sites (tertiary alicyclic amines) is 2. The first kappa shape index (κ1) is 81.4. The number of phosphoric acid groups is 2. The first-order valence-electron chi connectivity index (χ1n) is 34.3. The maximum Gasteiger partial charge on any atom is 0.469 e. The third-order valence-corrected chi connectivity index (χ3v) is 17.9. The molecular formula is C65H126N2O16P2. The van der Waals surface area contributed by atoms with Crippen molar-refractivity contribution in [3.8, 4) is 0 Å². The van der Waals surface area contributed by atoms with Crippen molar-refractivity contribution in [1.29, 1.82) is 0 Å². The normalized spacial score (nSPS) is 16.5. The number of carbonyl (C=O) groups excluding carboxylic acids is 4. The summed E-state index contributed by atoms with van der Waals surface area (Å²) in [6.45, 7) is 12.3. The van der Waals surface area contributed by atoms with Crippen LogP contribution in [0.15, 0.2) is 0 Å². The van der Waals surface area contributed by atoms with Gasteiger partial charge in [0.25, 0.3) is 7.82 Å². The van der Waals surface area contributed by atoms with Crippen molar-refractivity contribution in [2.45, 2.75) is 322 Å². The summed E-state index contributed by atoms with van der Waals surface area (Å²) in [5.74, 6) is -1.86. The molecule has 2 fully saturated rings. The van der Waals surface area contributed by atoms with Crippen molar-refractivity contribution in [2.24, 2.45) is 0 Å². The lowest BCUT2D eigenvalue weighted by molar-refractivity contribution is -0.926. The molecule has 0 saturated carbocycles. The standard InChI is InChI=1S/C33H64NO8P.C32H62NO8P/c1-4-5-6-7-8-9-10-11-12-13-14-15-16-17-18-21-26-40-27-22-23-31(34(3)24-19-20-25-34)32(29-41-43(37,38)39)42-33(36)28-30(2)35;1-3-4-5-6-7-8-9-10-11-12-13-14-15-16-17-20-24-39-28-31(41-32(35)26-29(2)34)27-30(33-22-18-19-23-33)21-25-40-42(36,37)38/h31-32H,4-29H2,1-3H3,(H-,37,38,39);30-31H,3-28H2,1-2H3,(H2,36,37,38). The Kier molecular flexibility index (Phi) is 50.8. The Bertz CT molecular complexity index is 1740. The number of esters is 2. The fraction of sp³-hybridized carbons (Fsp3) is 0.938. The molecule has 2 saturated heterocycles. The van der Waals surface area contributed by atoms with Crippen molar-refractivity contribution in [3.63, 3.8) is 0 Å². The van der Waals surface area contributed by atoms with Gasteiger partial charge < -0.3 is 52.4 Å². The zero-order valence-corrected chi connectivity index (χ0v) is 56.3. The van der Waals surface area contributed by atoms with Crippen LogP contribution in [0.25, 0.3) is 0 Å². The van der Waals surface area contributed by atoms with E-state index in [-0.39, 0.29) is 49.7 Å². The van der Waals surface area contributed by atoms with Gasteiger partial charge in [-0.25, -0.2) is 4.57 Å². The second-order valence-electron chi connectivity index (χ2n) is 25.0. The van der Waals surface area contributed by atoms with Gasteiger partial charge in [0.2, 0.25) is 0 Å². The zero-order valence-electron chi connectivity index (χ0n) is 54.5. The van der Waals surface area contributed by atoms with E-state index in [1.165, 1.54) is 200 Å². The van der Waals surface area contributed by atoms with Gasteiger partial charge in [-0.2, -0.15) is 0 Å². The zero-order chi connectivity index (χ0) is 62.7. The molecule has 5 atom stereocenters. The summed E-state index contributed by atoms with van der Waals surface area (Å²) in [4.78, 5) is 88.3. The summed E-state index contributed by atoms with van der Waals surface area (Å²) in [5, 5.41) is 0. The lowest BCUT2D eigenvalue weighted by Crippen LogP contribution is -2.57. The molecular weight excluding hydrogens is 1130 g/mol. The van der Waals surface area contributed by atoms with Crippen LogP contribution in [0.2, 0.25) is 0 Å². The fourth-order valence-electron chi connectivity index (χ4n) is 12.1. The lowest BCUT2D eigenvalue weighted by atomic mass is 10.0. The van der Waals surface area contributed by atoms with Crippen LogP contribution in [0, 0.1) is 0 Å². The summed E-state index contributed by atoms with van der Waals surface area (Å²) >= 11 is 0. The lowest BCUT2D eigenvalue weighted by Gasteiger charge is -2.42. The average molecular weight is 1250 g/mol. The second kappa shape index (κ2) is 53.0. The Morgan fingerprint density at radius 2 is 0.882 bits per heavy atom. The molecule has 0 spiro atoms. The largest absolute Gasteiger partial charge is 0.756 e. The van der Waals surface area contributed by atoms with E-state index in [9.17, 15) is 33.2 Å². The highest BCUT2D eigenvalue weighted by Crippen LogP contribution is 2.37. The summed E-state index contributed by atoms with van der Waals surface area (Å²) in [6.07, 6.45) is 46.7. The van der Waals surface area contributed by atoms with Gasteiger partial charge in [0, 0.05) is 51.5 Å². The van der Waals surface area contributed by atoms with Gasteiger partial charge in [-0.05, 0) is 65.5 Å². The highest BCUT2D eigenvalue weighted by atomic mass is 31.2. The molecule has 0 aromatic heterocycles. The number of phosphoric ester groups is 2. The van der Waals surface area contributed by atoms with Gasteiger partial charge in [-0.1, -0.05) is 206 Å². The quantitative estimate of drug-likeness (QED) is 0.0168. The number of ether oxygens (including phenoxy) is 4. The van der Waals surface area contributed by atoms with Crippen LogP contribution >= 0.6 is 15.6 Å². The van der Waals surface area contributed by atoms with Crippen LogP contribution in [-0.2, 0) is 56.3 Å². The Morgan fingerprint density at radius 1 is 0.494 bits per heavy atom. The summed E-state index contributed by atoms with van der Waals surface area (Å²) < 4.78 is 55.5. The van der Waals surface area contributed by atoms with Crippen LogP contribution in [0.3, 0.4) is 0 Å². The molecule has 5 unspecified atom stereocenters. The van der Waals surface area contributed by atoms with Gasteiger partial charge >= 0.3 is 19.8 Å². The number of hydrogen-bond acceptors (Lipinski definition) is 14. The summed E-state index contributed by atoms with van der Waals surface area (Å²) in [7, 11) is -7.45. The number of ketones is 2. The number of quaternary nitrogens is 1. The molecule has 85 heavy (non-hydrogen) atoms. The third kappa shape index (κ3) is 49.8. The molecule has 18 nitrogen and oxygen atoms in total. The van der Waals surface area contributed by atoms with E-state index in [1.807, 2.05) is 0 Å². The van der Waals surface area contributed by atoms with Gasteiger partial charge in [0.05, 0.1) is 40.0 Å². The molecule has 2 rings (SSSR count). The predicted octanol–water partition coefficient (Wildman–Crippen LogP) is 14.5. The van der Waals surface area contributed by atoms with Crippen molar-refractivity contribution in [1.82, 2.24) is 4.90 Å². The van der Waals surface area contributed by atoms with E-state index in [0.717, 1.165) is 84.2 Å². The van der Waals surface area contributed by atoms with Crippen molar-refractivity contribution < 1.29 is 80.4 Å². The molecule has 0 aromatic carbocycles. The Morgan fingerprint density at radius 3 is 1.28 bits per heavy atom. The van der Waals surface area contributed by atoms with Gasteiger partial charge in [-0.15, -0.1) is 0 Å². The van der Waals surface area contributed by atoms with Crippen molar-refractivity contribution in [3.05, 3.63) is 0 Å². The molecule has 0 amide bonds. The number of nitrogens with zero attached hydrogens (tertiary/aromatic N) is 2. The van der Waals surface area contributed by atoms with E-state index in [1.54, 1.807) is 0 Å². The maximum atomic E-state index is 12.3. The Labute approximate surface area is 516 Å². The average Bonchev–Trinajstić information content (AvgIpc) is 4.06. The van der Waals surface area contributed by atoms with Gasteiger partial charge in [-0.3, -0.25) is 28.3 Å². The highest BCUT2D eigenvalue weighted by Gasteiger charge is 2.43. The van der Waals surface area contributed by atoms with Crippen LogP contribution in [0.4, 0.5) is 0 Å². The first-order chi connectivity index (χ1) is 40.8. The van der Waals surface area contributed by atoms with E-state index >= 15 is 0 Å². The van der Waals surface area contributed by atoms with E-state index < -0.39 is 46.4 Å². The molecule has 20 heteroatoms. The molecule has 0 aromatic rings. The molecule has 2 aliphatic heterocycles. The first-order valence-corrected chi connectivity index (χ1v) is 37.3. The van der Waals surface area contributed by atoms with Crippen LogP contribution in [-0.4, -0.2) is 145 Å². The number of rotatable bonds is 58. The van der Waals surface area contributed by atoms with Crippen molar-refractivity contribution >= 4 is 39.2 Å². The SMILES string of the molecule is CCCCCCCCCCCCCCCCCCOCC(CC(CCOP(=O)(O)O)N1CCCC1)OC(=O)CC(C)=O.CCCCCCCCCCCCCCCCCCOCCCC(C(COP(=O)([O-])O)OC(=O)CC(C)=O)[N+]1(C)CCCC1. The van der Waals surface area contributed by atoms with Crippen molar-refractivity contribution in [2.75, 3.05) is 72.9 Å². The molecule has 0 radical (unpaired) electrons. The van der Waals surface area contributed by atoms with E-state index in [0.29, 0.717) is 37.0 Å². The molecule has 3 N–H and O–H groups in total. The van der Waals surface area contributed by atoms with Crippen LogP contribution in [0.5, 0.6) is 0 Å². The second-order valence-corrected chi connectivity index (χ2v) is 27.5. The number of carbonyl (C=O) groups is 4. The fourth-order valence-corrected chi connectivity index (χ4v) is 12.7. The highest BCUT2D eigenvalue weighted by molar-refractivity contribution is 7.46. The van der Waals surface area contributed by atoms with E-state index in [4.69, 9.17) is 38.2 Å². The monoisotopic (exact) mass is 1250 g/mol. The predicted molar refractivity (Wildman–Crippen MR) is 337 cm³/mol. The smallest absolute Gasteiger partial charge is 0.469 e. The number of likely N-dealkylation sites (N-methyl/N-ethyl adjacent to an activating group) is 1.